The Morgan fingerprint density at radius 1 is 1.11 bits per heavy atom. The Kier molecular flexibility index (Phi) is 5.39. The number of carbonyl (C=O) groups is 1. The van der Waals surface area contributed by atoms with E-state index >= 15 is 0 Å². The molecule has 1 aliphatic carbocycles. The first-order valence-electron chi connectivity index (χ1n) is 9.52. The van der Waals surface area contributed by atoms with Gasteiger partial charge in [-0.3, -0.25) is 4.79 Å². The van der Waals surface area contributed by atoms with E-state index < -0.39 is 0 Å². The summed E-state index contributed by atoms with van der Waals surface area (Å²) in [7, 11) is 0. The van der Waals surface area contributed by atoms with E-state index in [1.807, 2.05) is 47.0 Å². The van der Waals surface area contributed by atoms with E-state index in [4.69, 9.17) is 11.6 Å². The Morgan fingerprint density at radius 2 is 1.89 bits per heavy atom. The topological polar surface area (TPSA) is 59.3 Å². The lowest BCUT2D eigenvalue weighted by atomic mass is 9.95. The molecule has 0 aliphatic heterocycles. The van der Waals surface area contributed by atoms with Gasteiger partial charge >= 0.3 is 0 Å². The van der Waals surface area contributed by atoms with Crippen molar-refractivity contribution in [2.24, 2.45) is 0 Å². The number of Topliss-reactive ketones (excluding diaryl/α,β-unsaturated/α-hetero) is 1. The lowest BCUT2D eigenvalue weighted by Crippen LogP contribution is -2.23. The maximum Gasteiger partial charge on any atom is 0.170 e. The first-order chi connectivity index (χ1) is 13.2. The fourth-order valence-electron chi connectivity index (χ4n) is 3.62. The van der Waals surface area contributed by atoms with E-state index in [2.05, 4.69) is 15.4 Å². The van der Waals surface area contributed by atoms with Gasteiger partial charge in [0, 0.05) is 17.5 Å². The lowest BCUT2D eigenvalue weighted by Gasteiger charge is -2.23. The quantitative estimate of drug-likeness (QED) is 0.498. The van der Waals surface area contributed by atoms with Crippen LogP contribution in [0.15, 0.2) is 42.5 Å². The molecule has 0 saturated heterocycles. The molecule has 0 radical (unpaired) electrons. The molecule has 0 bridgehead atoms. The fourth-order valence-corrected chi connectivity index (χ4v) is 3.79. The van der Waals surface area contributed by atoms with Crippen LogP contribution in [0.4, 0.5) is 5.82 Å². The molecule has 1 aromatic carbocycles. The van der Waals surface area contributed by atoms with Gasteiger partial charge in [0.05, 0.1) is 6.42 Å². The lowest BCUT2D eigenvalue weighted by molar-refractivity contribution is 0.0991. The number of alkyl halides is 1. The highest BCUT2D eigenvalue weighted by Gasteiger charge is 2.16. The molecule has 140 valence electrons. The number of hydrogen-bond acceptors (Lipinski definition) is 4. The number of benzene rings is 1. The number of fused-ring (bicyclic) bond motifs is 1. The molecule has 0 spiro atoms. The van der Waals surface area contributed by atoms with Crippen LogP contribution in [0.1, 0.15) is 53.8 Å². The van der Waals surface area contributed by atoms with E-state index in [1.165, 1.54) is 32.1 Å². The summed E-state index contributed by atoms with van der Waals surface area (Å²) in [4.78, 5) is 17.1. The van der Waals surface area contributed by atoms with Gasteiger partial charge in [-0.25, -0.2) is 4.98 Å². The summed E-state index contributed by atoms with van der Waals surface area (Å²) in [6, 6.07) is 13.8. The van der Waals surface area contributed by atoms with Crippen LogP contribution in [0, 0.1) is 0 Å². The third-order valence-electron chi connectivity index (χ3n) is 5.11. The van der Waals surface area contributed by atoms with E-state index in [-0.39, 0.29) is 12.2 Å². The van der Waals surface area contributed by atoms with Gasteiger partial charge in [-0.05, 0) is 30.5 Å². The summed E-state index contributed by atoms with van der Waals surface area (Å²) in [5, 5.41) is 8.18. The van der Waals surface area contributed by atoms with Crippen molar-refractivity contribution in [3.8, 4) is 0 Å². The van der Waals surface area contributed by atoms with E-state index in [9.17, 15) is 4.79 Å². The smallest absolute Gasteiger partial charge is 0.170 e. The van der Waals surface area contributed by atoms with Crippen molar-refractivity contribution in [3.63, 3.8) is 0 Å². The van der Waals surface area contributed by atoms with Gasteiger partial charge < -0.3 is 5.32 Å². The van der Waals surface area contributed by atoms with E-state index in [0.717, 1.165) is 17.0 Å². The van der Waals surface area contributed by atoms with Gasteiger partial charge in [0.25, 0.3) is 0 Å². The Labute approximate surface area is 163 Å². The predicted molar refractivity (Wildman–Crippen MR) is 108 cm³/mol. The van der Waals surface area contributed by atoms with Crippen molar-refractivity contribution < 1.29 is 4.79 Å². The van der Waals surface area contributed by atoms with Crippen molar-refractivity contribution >= 4 is 28.8 Å². The Bertz CT molecular complexity index is 929. The van der Waals surface area contributed by atoms with Crippen LogP contribution in [0.5, 0.6) is 0 Å². The average molecular weight is 383 g/mol. The van der Waals surface area contributed by atoms with Crippen LogP contribution in [0.3, 0.4) is 0 Å². The highest BCUT2D eigenvalue weighted by Crippen LogP contribution is 2.22. The second-order valence-corrected chi connectivity index (χ2v) is 7.39. The number of hydrogen-bond donors (Lipinski definition) is 1. The van der Waals surface area contributed by atoms with Gasteiger partial charge in [0.15, 0.2) is 17.3 Å². The third kappa shape index (κ3) is 4.14. The van der Waals surface area contributed by atoms with Gasteiger partial charge in [0.1, 0.15) is 5.82 Å². The summed E-state index contributed by atoms with van der Waals surface area (Å²) in [5.41, 5.74) is 2.41. The van der Waals surface area contributed by atoms with Crippen molar-refractivity contribution in [2.75, 3.05) is 5.32 Å². The van der Waals surface area contributed by atoms with Gasteiger partial charge in [0.2, 0.25) is 0 Å². The van der Waals surface area contributed by atoms with Crippen LogP contribution < -0.4 is 5.32 Å². The first kappa shape index (κ1) is 18.0. The third-order valence-corrected chi connectivity index (χ3v) is 5.42. The molecule has 1 aliphatic rings. The molecule has 0 unspecified atom stereocenters. The van der Waals surface area contributed by atoms with Crippen molar-refractivity contribution in [2.45, 2.75) is 50.4 Å². The standard InChI is InChI=1S/C21H23ClN4O/c22-14-15-9-11-16(12-10-15)18(27)13-19-24-21-8-4-7-20(26(21)25-19)23-17-5-2-1-3-6-17/h4,7-12,17,23H,1-3,5-6,13-14H2. The van der Waals surface area contributed by atoms with Crippen LogP contribution in [-0.2, 0) is 12.3 Å². The Hall–Kier alpha value is -2.40. The number of carbonyl (C=O) groups excluding carboxylic acids is 1. The van der Waals surface area contributed by atoms with Crippen molar-refractivity contribution in [1.82, 2.24) is 14.6 Å². The molecular formula is C21H23ClN4O. The minimum Gasteiger partial charge on any atom is -0.367 e. The number of ketones is 1. The molecule has 27 heavy (non-hydrogen) atoms. The molecule has 1 N–H and O–H groups in total. The van der Waals surface area contributed by atoms with Crippen molar-refractivity contribution in [1.29, 1.82) is 0 Å². The molecule has 1 fully saturated rings. The maximum atomic E-state index is 12.6. The molecule has 1 saturated carbocycles. The summed E-state index contributed by atoms with van der Waals surface area (Å²) in [6.07, 6.45) is 6.43. The fraction of sp³-hybridized carbons (Fsp3) is 0.381. The zero-order valence-electron chi connectivity index (χ0n) is 15.2. The average Bonchev–Trinajstić information content (AvgIpc) is 3.12. The second-order valence-electron chi connectivity index (χ2n) is 7.12. The number of anilines is 1. The summed E-state index contributed by atoms with van der Waals surface area (Å²) in [6.45, 7) is 0. The zero-order valence-corrected chi connectivity index (χ0v) is 16.0. The summed E-state index contributed by atoms with van der Waals surface area (Å²) >= 11 is 5.80. The Balaban J connectivity index is 1.52. The zero-order chi connectivity index (χ0) is 18.6. The molecular weight excluding hydrogens is 360 g/mol. The Morgan fingerprint density at radius 3 is 2.63 bits per heavy atom. The summed E-state index contributed by atoms with van der Waals surface area (Å²) < 4.78 is 1.81. The largest absolute Gasteiger partial charge is 0.367 e. The number of pyridine rings is 1. The summed E-state index contributed by atoms with van der Waals surface area (Å²) in [5.74, 6) is 1.93. The molecule has 0 atom stereocenters. The SMILES string of the molecule is O=C(Cc1nc2cccc(NC3CCCCC3)n2n1)c1ccc(CCl)cc1. The van der Waals surface area contributed by atoms with Crippen LogP contribution >= 0.6 is 11.6 Å². The number of rotatable bonds is 6. The van der Waals surface area contributed by atoms with Crippen LogP contribution in [-0.4, -0.2) is 26.4 Å². The molecule has 6 heteroatoms. The predicted octanol–water partition coefficient (Wildman–Crippen LogP) is 4.64. The minimum absolute atomic E-state index is 0.00817. The van der Waals surface area contributed by atoms with Crippen molar-refractivity contribution in [3.05, 3.63) is 59.4 Å². The normalized spacial score (nSPS) is 15.1. The molecule has 3 aromatic rings. The molecule has 2 aromatic heterocycles. The first-order valence-corrected chi connectivity index (χ1v) is 10.1. The number of nitrogens with zero attached hydrogens (tertiary/aromatic N) is 3. The number of aromatic nitrogens is 3. The highest BCUT2D eigenvalue weighted by atomic mass is 35.5. The van der Waals surface area contributed by atoms with Gasteiger partial charge in [-0.2, -0.15) is 4.52 Å². The molecule has 5 nitrogen and oxygen atoms in total. The van der Waals surface area contributed by atoms with E-state index in [0.29, 0.717) is 23.3 Å². The molecule has 4 rings (SSSR count). The second kappa shape index (κ2) is 8.09. The molecule has 2 heterocycles. The molecule has 0 amide bonds. The minimum atomic E-state index is 0.00817. The van der Waals surface area contributed by atoms with Crippen LogP contribution in [0.25, 0.3) is 5.65 Å². The number of nitrogens with one attached hydrogen (secondary N) is 1. The maximum absolute atomic E-state index is 12.6. The van der Waals surface area contributed by atoms with E-state index in [1.54, 1.807) is 0 Å². The number of halogens is 1. The monoisotopic (exact) mass is 382 g/mol. The highest BCUT2D eigenvalue weighted by molar-refractivity contribution is 6.17. The van der Waals surface area contributed by atoms with Gasteiger partial charge in [-0.15, -0.1) is 16.7 Å². The van der Waals surface area contributed by atoms with Crippen LogP contribution in [0.2, 0.25) is 0 Å². The van der Waals surface area contributed by atoms with Gasteiger partial charge in [-0.1, -0.05) is 49.6 Å².